The summed E-state index contributed by atoms with van der Waals surface area (Å²) in [6.07, 6.45) is 7.38. The summed E-state index contributed by atoms with van der Waals surface area (Å²) in [4.78, 5) is 10.0. The van der Waals surface area contributed by atoms with Gasteiger partial charge < -0.3 is 9.47 Å². The first-order valence-electron chi connectivity index (χ1n) is 9.84. The Hall–Kier alpha value is -1.68. The average molecular weight is 354 g/mol. The Morgan fingerprint density at radius 3 is 2.73 bits per heavy atom. The molecule has 0 radical (unpaired) electrons. The minimum atomic E-state index is -0.353. The molecule has 2 aliphatic carbocycles. The highest BCUT2D eigenvalue weighted by atomic mass is 16.5. The molecule has 0 bridgehead atoms. The molecule has 140 valence electrons. The summed E-state index contributed by atoms with van der Waals surface area (Å²) in [6.45, 7) is 7.18. The van der Waals surface area contributed by atoms with E-state index in [1.54, 1.807) is 0 Å². The van der Waals surface area contributed by atoms with Crippen LogP contribution >= 0.6 is 0 Å². The van der Waals surface area contributed by atoms with Crippen molar-refractivity contribution in [3.8, 4) is 5.75 Å². The van der Waals surface area contributed by atoms with Crippen LogP contribution in [-0.4, -0.2) is 37.4 Å². The Balaban J connectivity index is 1.63. The summed E-state index contributed by atoms with van der Waals surface area (Å²) < 4.78 is 11.7. The van der Waals surface area contributed by atoms with Gasteiger partial charge in [0.25, 0.3) is 0 Å². The lowest BCUT2D eigenvalue weighted by atomic mass is 9.63. The minimum Gasteiger partial charge on any atom is -0.493 e. The summed E-state index contributed by atoms with van der Waals surface area (Å²) in [5.74, 6) is 1.52. The number of aliphatic imine (C=N–C) groups is 2. The van der Waals surface area contributed by atoms with Crippen LogP contribution in [0.5, 0.6) is 5.75 Å². The number of rotatable bonds is 4. The zero-order chi connectivity index (χ0) is 18.4. The Labute approximate surface area is 156 Å². The van der Waals surface area contributed by atoms with Crippen molar-refractivity contribution in [1.29, 1.82) is 0 Å². The van der Waals surface area contributed by atoms with Gasteiger partial charge in [-0.15, -0.1) is 0 Å². The quantitative estimate of drug-likeness (QED) is 0.811. The third-order valence-electron chi connectivity index (χ3n) is 6.28. The average Bonchev–Trinajstić information content (AvgIpc) is 3.17. The van der Waals surface area contributed by atoms with Crippen molar-refractivity contribution < 1.29 is 9.47 Å². The maximum absolute atomic E-state index is 5.96. The van der Waals surface area contributed by atoms with Crippen LogP contribution in [0.4, 0.5) is 0 Å². The second kappa shape index (κ2) is 6.49. The van der Waals surface area contributed by atoms with E-state index in [9.17, 15) is 0 Å². The molecule has 1 aromatic carbocycles. The fourth-order valence-corrected chi connectivity index (χ4v) is 4.92. The van der Waals surface area contributed by atoms with Crippen LogP contribution in [-0.2, 0) is 17.6 Å². The summed E-state index contributed by atoms with van der Waals surface area (Å²) in [6, 6.07) is 6.63. The van der Waals surface area contributed by atoms with E-state index in [0.717, 1.165) is 50.2 Å². The number of fused-ring (bicyclic) bond motifs is 2. The molecule has 26 heavy (non-hydrogen) atoms. The molecule has 1 aliphatic heterocycles. The van der Waals surface area contributed by atoms with Crippen LogP contribution in [0, 0.1) is 11.3 Å². The molecule has 3 atom stereocenters. The highest BCUT2D eigenvalue weighted by molar-refractivity contribution is 6.31. The Kier molecular flexibility index (Phi) is 4.42. The van der Waals surface area contributed by atoms with Crippen LogP contribution in [0.1, 0.15) is 51.2 Å². The zero-order valence-electron chi connectivity index (χ0n) is 16.4. The molecule has 0 amide bonds. The van der Waals surface area contributed by atoms with Gasteiger partial charge in [0, 0.05) is 25.2 Å². The smallest absolute Gasteiger partial charge is 0.159 e. The summed E-state index contributed by atoms with van der Waals surface area (Å²) in [5.41, 5.74) is 3.62. The molecule has 1 saturated carbocycles. The largest absolute Gasteiger partial charge is 0.493 e. The summed E-state index contributed by atoms with van der Waals surface area (Å²) in [7, 11) is 1.81. The predicted molar refractivity (Wildman–Crippen MR) is 106 cm³/mol. The van der Waals surface area contributed by atoms with Gasteiger partial charge in [0.15, 0.2) is 5.66 Å². The van der Waals surface area contributed by atoms with Gasteiger partial charge in [0.1, 0.15) is 5.75 Å². The fraction of sp³-hybridized carbons (Fsp3) is 0.636. The molecule has 1 heterocycles. The predicted octanol–water partition coefficient (Wildman–Crippen LogP) is 4.25. The van der Waals surface area contributed by atoms with Crippen molar-refractivity contribution in [2.24, 2.45) is 21.3 Å². The number of nitrogens with zero attached hydrogens (tertiary/aromatic N) is 2. The first-order chi connectivity index (χ1) is 12.5. The third-order valence-corrected chi connectivity index (χ3v) is 6.28. The molecule has 3 aliphatic rings. The highest BCUT2D eigenvalue weighted by Crippen LogP contribution is 2.56. The van der Waals surface area contributed by atoms with Gasteiger partial charge in [0.05, 0.1) is 18.4 Å². The molecule has 4 rings (SSSR count). The van der Waals surface area contributed by atoms with E-state index in [-0.39, 0.29) is 17.2 Å². The zero-order valence-corrected chi connectivity index (χ0v) is 16.4. The third kappa shape index (κ3) is 2.88. The van der Waals surface area contributed by atoms with Crippen LogP contribution in [0.15, 0.2) is 28.2 Å². The number of benzene rings is 1. The monoisotopic (exact) mass is 354 g/mol. The summed E-state index contributed by atoms with van der Waals surface area (Å²) in [5, 5.41) is 0. The topological polar surface area (TPSA) is 43.2 Å². The van der Waals surface area contributed by atoms with Crippen LogP contribution in [0.2, 0.25) is 0 Å². The Morgan fingerprint density at radius 1 is 1.23 bits per heavy atom. The van der Waals surface area contributed by atoms with Gasteiger partial charge in [0.2, 0.25) is 0 Å². The molecule has 4 nitrogen and oxygen atoms in total. The van der Waals surface area contributed by atoms with Crippen molar-refractivity contribution in [1.82, 2.24) is 0 Å². The van der Waals surface area contributed by atoms with Crippen molar-refractivity contribution in [3.63, 3.8) is 0 Å². The normalized spacial score (nSPS) is 32.5. The van der Waals surface area contributed by atoms with E-state index in [1.807, 2.05) is 13.3 Å². The molecular weight excluding hydrogens is 324 g/mol. The second-order valence-electron chi connectivity index (χ2n) is 8.70. The van der Waals surface area contributed by atoms with Crippen molar-refractivity contribution >= 4 is 11.9 Å². The maximum atomic E-state index is 5.96. The molecule has 0 saturated heterocycles. The van der Waals surface area contributed by atoms with E-state index in [1.165, 1.54) is 11.1 Å². The van der Waals surface area contributed by atoms with Gasteiger partial charge in [-0.05, 0) is 61.8 Å². The molecule has 3 unspecified atom stereocenters. The van der Waals surface area contributed by atoms with Gasteiger partial charge in [-0.3, -0.25) is 9.98 Å². The SMILES string of the molecule is COC1CCC2(Cc3ccc(OCC(C)C)cc3C2)C2(C1)N=CC(C)=N2. The molecule has 1 fully saturated rings. The minimum absolute atomic E-state index is 0.0787. The van der Waals surface area contributed by atoms with Crippen molar-refractivity contribution in [3.05, 3.63) is 29.3 Å². The number of ether oxygens (including phenoxy) is 2. The Bertz CT molecular complexity index is 755. The van der Waals surface area contributed by atoms with E-state index in [2.05, 4.69) is 39.0 Å². The fourth-order valence-electron chi connectivity index (χ4n) is 4.92. The molecule has 0 N–H and O–H groups in total. The maximum Gasteiger partial charge on any atom is 0.159 e. The van der Waals surface area contributed by atoms with Gasteiger partial charge in [-0.2, -0.15) is 0 Å². The summed E-state index contributed by atoms with van der Waals surface area (Å²) >= 11 is 0. The van der Waals surface area contributed by atoms with Gasteiger partial charge >= 0.3 is 0 Å². The van der Waals surface area contributed by atoms with E-state index in [0.29, 0.717) is 5.92 Å². The van der Waals surface area contributed by atoms with Crippen LogP contribution in [0.25, 0.3) is 0 Å². The lowest BCUT2D eigenvalue weighted by molar-refractivity contribution is -0.0222. The van der Waals surface area contributed by atoms with Crippen LogP contribution in [0.3, 0.4) is 0 Å². The number of methoxy groups -OCH3 is 1. The standard InChI is InChI=1S/C22H30N2O2/c1-15(2)14-26-19-6-5-17-10-21(11-18(17)9-19)8-7-20(25-4)12-22(21)23-13-16(3)24-22/h5-6,9,13,15,20H,7-8,10-12,14H2,1-4H3. The molecule has 1 aromatic rings. The molecule has 4 heteroatoms. The number of hydrogen-bond donors (Lipinski definition) is 0. The Morgan fingerprint density at radius 2 is 2.04 bits per heavy atom. The van der Waals surface area contributed by atoms with Crippen molar-refractivity contribution in [2.45, 2.75) is 64.6 Å². The lowest BCUT2D eigenvalue weighted by Gasteiger charge is -2.48. The van der Waals surface area contributed by atoms with E-state index < -0.39 is 0 Å². The molecule has 0 aromatic heterocycles. The van der Waals surface area contributed by atoms with E-state index >= 15 is 0 Å². The highest BCUT2D eigenvalue weighted by Gasteiger charge is 2.58. The van der Waals surface area contributed by atoms with Crippen molar-refractivity contribution in [2.75, 3.05) is 13.7 Å². The van der Waals surface area contributed by atoms with Gasteiger partial charge in [-0.25, -0.2) is 0 Å². The van der Waals surface area contributed by atoms with E-state index in [4.69, 9.17) is 19.5 Å². The van der Waals surface area contributed by atoms with Crippen LogP contribution < -0.4 is 4.74 Å². The molecular formula is C22H30N2O2. The van der Waals surface area contributed by atoms with Gasteiger partial charge in [-0.1, -0.05) is 19.9 Å². The molecule has 2 spiro atoms. The lowest BCUT2D eigenvalue weighted by Crippen LogP contribution is -2.51. The first-order valence-corrected chi connectivity index (χ1v) is 9.84. The number of hydrogen-bond acceptors (Lipinski definition) is 4. The first kappa shape index (κ1) is 17.7. The second-order valence-corrected chi connectivity index (χ2v) is 8.70.